The number of benzene rings is 2. The normalized spacial score (nSPS) is 31.4. The zero-order chi connectivity index (χ0) is 22.8. The summed E-state index contributed by atoms with van der Waals surface area (Å²) in [7, 11) is 0. The van der Waals surface area contributed by atoms with Crippen molar-refractivity contribution in [2.24, 2.45) is 0 Å². The van der Waals surface area contributed by atoms with Gasteiger partial charge in [-0.05, 0) is 35.4 Å². The third-order valence-corrected chi connectivity index (χ3v) is 6.27. The molecule has 2 aliphatic heterocycles. The van der Waals surface area contributed by atoms with Gasteiger partial charge in [-0.15, -0.1) is 0 Å². The summed E-state index contributed by atoms with van der Waals surface area (Å²) in [6.07, 6.45) is -6.60. The second-order valence-corrected chi connectivity index (χ2v) is 8.51. The van der Waals surface area contributed by atoms with Gasteiger partial charge >= 0.3 is 0 Å². The molecule has 0 amide bonds. The monoisotopic (exact) mass is 466 g/mol. The highest BCUT2D eigenvalue weighted by atomic mass is 35.5. The average molecular weight is 467 g/mol. The lowest BCUT2D eigenvalue weighted by Crippen LogP contribution is -2.55. The summed E-state index contributed by atoms with van der Waals surface area (Å²) in [6, 6.07) is 11.8. The molecule has 7 atom stereocenters. The van der Waals surface area contributed by atoms with Gasteiger partial charge in [0.1, 0.15) is 48.5 Å². The van der Waals surface area contributed by atoms with Crippen LogP contribution in [0.25, 0.3) is 0 Å². The van der Waals surface area contributed by atoms with Gasteiger partial charge in [0.15, 0.2) is 0 Å². The number of aliphatic hydroxyl groups excluding tert-OH is 5. The Balaban J connectivity index is 1.54. The SMILES string of the molecule is OC[C@H]1O[C@@H](c2ccc(Cl)c(C(O)c3ccc(OC4CCOC4)cc3)c2)[C@H](O)[C@@H](O)[C@@H]1O. The van der Waals surface area contributed by atoms with E-state index >= 15 is 0 Å². The zero-order valence-corrected chi connectivity index (χ0v) is 18.0. The molecule has 2 aromatic carbocycles. The van der Waals surface area contributed by atoms with E-state index in [0.29, 0.717) is 40.7 Å². The molecule has 0 bridgehead atoms. The van der Waals surface area contributed by atoms with E-state index in [1.54, 1.807) is 42.5 Å². The smallest absolute Gasteiger partial charge is 0.124 e. The van der Waals surface area contributed by atoms with Crippen molar-refractivity contribution in [2.45, 2.75) is 49.1 Å². The lowest BCUT2D eigenvalue weighted by molar-refractivity contribution is -0.231. The molecule has 32 heavy (non-hydrogen) atoms. The molecule has 0 aliphatic carbocycles. The Morgan fingerprint density at radius 2 is 1.78 bits per heavy atom. The molecule has 9 heteroatoms. The zero-order valence-electron chi connectivity index (χ0n) is 17.3. The number of rotatable bonds is 6. The van der Waals surface area contributed by atoms with Gasteiger partial charge in [0, 0.05) is 17.0 Å². The number of halogens is 1. The number of hydrogen-bond acceptors (Lipinski definition) is 8. The Hall–Kier alpha value is -1.75. The van der Waals surface area contributed by atoms with Crippen LogP contribution in [0.2, 0.25) is 5.02 Å². The predicted molar refractivity (Wildman–Crippen MR) is 115 cm³/mol. The van der Waals surface area contributed by atoms with Crippen LogP contribution in [0.1, 0.15) is 35.3 Å². The first-order chi connectivity index (χ1) is 15.4. The highest BCUT2D eigenvalue weighted by molar-refractivity contribution is 6.31. The van der Waals surface area contributed by atoms with Crippen LogP contribution in [-0.4, -0.2) is 75.9 Å². The van der Waals surface area contributed by atoms with Crippen molar-refractivity contribution in [3.8, 4) is 5.75 Å². The molecule has 4 rings (SSSR count). The average Bonchev–Trinajstić information content (AvgIpc) is 3.31. The summed E-state index contributed by atoms with van der Waals surface area (Å²) in [6.45, 7) is 0.724. The van der Waals surface area contributed by atoms with Crippen LogP contribution in [-0.2, 0) is 9.47 Å². The van der Waals surface area contributed by atoms with Gasteiger partial charge in [0.2, 0.25) is 0 Å². The molecule has 2 saturated heterocycles. The molecule has 174 valence electrons. The molecule has 0 radical (unpaired) electrons. The fraction of sp³-hybridized carbons (Fsp3) is 0.478. The van der Waals surface area contributed by atoms with E-state index in [1.165, 1.54) is 0 Å². The van der Waals surface area contributed by atoms with Gasteiger partial charge in [-0.2, -0.15) is 0 Å². The molecule has 8 nitrogen and oxygen atoms in total. The molecule has 0 saturated carbocycles. The van der Waals surface area contributed by atoms with E-state index in [0.717, 1.165) is 6.42 Å². The van der Waals surface area contributed by atoms with Gasteiger partial charge in [0.25, 0.3) is 0 Å². The lowest BCUT2D eigenvalue weighted by Gasteiger charge is -2.40. The summed E-state index contributed by atoms with van der Waals surface area (Å²) in [5.74, 6) is 0.678. The van der Waals surface area contributed by atoms with Crippen LogP contribution < -0.4 is 4.74 Å². The number of aliphatic hydroxyl groups is 5. The number of hydrogen-bond donors (Lipinski definition) is 5. The fourth-order valence-corrected chi connectivity index (χ4v) is 4.25. The van der Waals surface area contributed by atoms with Gasteiger partial charge < -0.3 is 39.7 Å². The Morgan fingerprint density at radius 1 is 1.03 bits per heavy atom. The van der Waals surface area contributed by atoms with Crippen LogP contribution in [0.15, 0.2) is 42.5 Å². The van der Waals surface area contributed by atoms with Crippen molar-refractivity contribution in [2.75, 3.05) is 19.8 Å². The Kier molecular flexibility index (Phi) is 7.34. The summed E-state index contributed by atoms with van der Waals surface area (Å²) >= 11 is 6.34. The summed E-state index contributed by atoms with van der Waals surface area (Å²) < 4.78 is 16.8. The standard InChI is InChI=1S/C23H27ClO8/c24-17-6-3-13(23-22(29)21(28)20(27)18(10-25)32-23)9-16(17)19(26)12-1-4-14(5-2-12)31-15-7-8-30-11-15/h1-6,9,15,18-23,25-29H,7-8,10-11H2/t15?,18-,19?,20-,21+,22-,23+/m1/s1. The first kappa shape index (κ1) is 23.4. The third kappa shape index (κ3) is 4.78. The molecule has 0 spiro atoms. The van der Waals surface area contributed by atoms with Crippen molar-refractivity contribution >= 4 is 11.6 Å². The van der Waals surface area contributed by atoms with E-state index < -0.39 is 43.2 Å². The summed E-state index contributed by atoms with van der Waals surface area (Å²) in [4.78, 5) is 0. The number of ether oxygens (including phenoxy) is 3. The highest BCUT2D eigenvalue weighted by Crippen LogP contribution is 2.36. The molecular weight excluding hydrogens is 440 g/mol. The first-order valence-electron chi connectivity index (χ1n) is 10.5. The maximum atomic E-state index is 11.0. The molecule has 2 unspecified atom stereocenters. The van der Waals surface area contributed by atoms with Crippen LogP contribution >= 0.6 is 11.6 Å². The maximum Gasteiger partial charge on any atom is 0.124 e. The first-order valence-corrected chi connectivity index (χ1v) is 10.9. The Bertz CT molecular complexity index is 899. The van der Waals surface area contributed by atoms with Gasteiger partial charge in [-0.1, -0.05) is 29.8 Å². The van der Waals surface area contributed by atoms with Crippen molar-refractivity contribution < 1.29 is 39.7 Å². The second kappa shape index (κ2) is 10.0. The van der Waals surface area contributed by atoms with Crippen molar-refractivity contribution in [3.63, 3.8) is 0 Å². The van der Waals surface area contributed by atoms with Crippen molar-refractivity contribution in [1.29, 1.82) is 0 Å². The van der Waals surface area contributed by atoms with E-state index in [-0.39, 0.29) is 6.10 Å². The highest BCUT2D eigenvalue weighted by Gasteiger charge is 2.44. The molecule has 2 heterocycles. The molecule has 5 N–H and O–H groups in total. The predicted octanol–water partition coefficient (Wildman–Crippen LogP) is 1.10. The van der Waals surface area contributed by atoms with Crippen LogP contribution in [0.4, 0.5) is 0 Å². The van der Waals surface area contributed by atoms with Crippen LogP contribution in [0.5, 0.6) is 5.75 Å². The third-order valence-electron chi connectivity index (χ3n) is 5.92. The Morgan fingerprint density at radius 3 is 2.44 bits per heavy atom. The van der Waals surface area contributed by atoms with Crippen molar-refractivity contribution in [3.05, 3.63) is 64.2 Å². The molecular formula is C23H27ClO8. The lowest BCUT2D eigenvalue weighted by atomic mass is 9.89. The second-order valence-electron chi connectivity index (χ2n) is 8.11. The van der Waals surface area contributed by atoms with Gasteiger partial charge in [-0.3, -0.25) is 0 Å². The summed E-state index contributed by atoms with van der Waals surface area (Å²) in [5.41, 5.74) is 1.42. The minimum atomic E-state index is -1.49. The minimum Gasteiger partial charge on any atom is -0.488 e. The van der Waals surface area contributed by atoms with Gasteiger partial charge in [0.05, 0.1) is 19.8 Å². The molecule has 0 aromatic heterocycles. The fourth-order valence-electron chi connectivity index (χ4n) is 4.03. The van der Waals surface area contributed by atoms with Crippen LogP contribution in [0, 0.1) is 0 Å². The molecule has 2 aliphatic rings. The molecule has 2 fully saturated rings. The van der Waals surface area contributed by atoms with E-state index in [9.17, 15) is 25.5 Å². The van der Waals surface area contributed by atoms with Crippen LogP contribution in [0.3, 0.4) is 0 Å². The van der Waals surface area contributed by atoms with Gasteiger partial charge in [-0.25, -0.2) is 0 Å². The van der Waals surface area contributed by atoms with E-state index in [2.05, 4.69) is 0 Å². The Labute approximate surface area is 190 Å². The molecule has 2 aromatic rings. The van der Waals surface area contributed by atoms with Crippen molar-refractivity contribution in [1.82, 2.24) is 0 Å². The quantitative estimate of drug-likeness (QED) is 0.428. The van der Waals surface area contributed by atoms with E-state index in [1.807, 2.05) is 0 Å². The summed E-state index contributed by atoms with van der Waals surface area (Å²) in [5, 5.41) is 51.2. The topological polar surface area (TPSA) is 129 Å². The minimum absolute atomic E-state index is 0.0236. The van der Waals surface area contributed by atoms with E-state index in [4.69, 9.17) is 25.8 Å². The maximum absolute atomic E-state index is 11.0. The largest absolute Gasteiger partial charge is 0.488 e.